The van der Waals surface area contributed by atoms with Crippen LogP contribution in [0.15, 0.2) is 60.7 Å². The van der Waals surface area contributed by atoms with Crippen molar-refractivity contribution in [3.05, 3.63) is 71.8 Å². The van der Waals surface area contributed by atoms with Crippen LogP contribution >= 0.6 is 0 Å². The van der Waals surface area contributed by atoms with E-state index in [9.17, 15) is 0 Å². The third-order valence-electron chi connectivity index (χ3n) is 4.43. The minimum Gasteiger partial charge on any atom is -0.313 e. The lowest BCUT2D eigenvalue weighted by Gasteiger charge is -2.30. The van der Waals surface area contributed by atoms with Gasteiger partial charge in [0.1, 0.15) is 0 Å². The van der Waals surface area contributed by atoms with Crippen LogP contribution in [0.1, 0.15) is 30.9 Å². The van der Waals surface area contributed by atoms with Crippen molar-refractivity contribution in [1.29, 1.82) is 0 Å². The van der Waals surface area contributed by atoms with Crippen LogP contribution in [0.2, 0.25) is 0 Å². The molecule has 2 aromatic rings. The lowest BCUT2D eigenvalue weighted by molar-refractivity contribution is 0.534. The Hall–Kier alpha value is -1.60. The molecule has 1 N–H and O–H groups in total. The van der Waals surface area contributed by atoms with Gasteiger partial charge in [0.2, 0.25) is 0 Å². The van der Waals surface area contributed by atoms with E-state index in [1.54, 1.807) is 0 Å². The number of nitrogens with one attached hydrogen (secondary N) is 1. The highest BCUT2D eigenvalue weighted by Crippen LogP contribution is 2.40. The van der Waals surface area contributed by atoms with Gasteiger partial charge < -0.3 is 5.32 Å². The number of hydrogen-bond acceptors (Lipinski definition) is 1. The second-order valence-electron chi connectivity index (χ2n) is 5.50. The zero-order valence-corrected chi connectivity index (χ0v) is 11.5. The van der Waals surface area contributed by atoms with Gasteiger partial charge in [-0.3, -0.25) is 0 Å². The van der Waals surface area contributed by atoms with E-state index in [2.05, 4.69) is 72.9 Å². The van der Waals surface area contributed by atoms with Gasteiger partial charge in [-0.25, -0.2) is 0 Å². The molecule has 2 aromatic carbocycles. The summed E-state index contributed by atoms with van der Waals surface area (Å²) in [5.74, 6) is 0. The van der Waals surface area contributed by atoms with E-state index in [4.69, 9.17) is 0 Å². The first-order valence-electron chi connectivity index (χ1n) is 7.19. The number of benzene rings is 2. The van der Waals surface area contributed by atoms with Crippen LogP contribution in [-0.4, -0.2) is 12.6 Å². The van der Waals surface area contributed by atoms with E-state index < -0.39 is 0 Å². The fraction of sp³-hybridized carbons (Fsp3) is 0.333. The highest BCUT2D eigenvalue weighted by molar-refractivity contribution is 5.41. The molecule has 1 aliphatic rings. The Kier molecular flexibility index (Phi) is 3.39. The fourth-order valence-electron chi connectivity index (χ4n) is 3.29. The van der Waals surface area contributed by atoms with Gasteiger partial charge in [-0.05, 0) is 24.0 Å². The van der Waals surface area contributed by atoms with E-state index in [1.165, 1.54) is 24.0 Å². The predicted octanol–water partition coefficient (Wildman–Crippen LogP) is 3.74. The first kappa shape index (κ1) is 12.4. The van der Waals surface area contributed by atoms with Crippen molar-refractivity contribution in [2.75, 3.05) is 6.54 Å². The third kappa shape index (κ3) is 2.19. The van der Waals surface area contributed by atoms with Gasteiger partial charge in [0.25, 0.3) is 0 Å². The molecule has 0 amide bonds. The van der Waals surface area contributed by atoms with E-state index >= 15 is 0 Å². The van der Waals surface area contributed by atoms with Crippen molar-refractivity contribution in [2.24, 2.45) is 0 Å². The first-order chi connectivity index (χ1) is 9.35. The quantitative estimate of drug-likeness (QED) is 0.876. The van der Waals surface area contributed by atoms with Gasteiger partial charge in [-0.2, -0.15) is 0 Å². The predicted molar refractivity (Wildman–Crippen MR) is 80.4 cm³/mol. The molecule has 0 aromatic heterocycles. The molecule has 1 atom stereocenters. The molecule has 0 bridgehead atoms. The lowest BCUT2D eigenvalue weighted by atomic mass is 9.73. The van der Waals surface area contributed by atoms with Gasteiger partial charge in [-0.15, -0.1) is 0 Å². The van der Waals surface area contributed by atoms with E-state index in [0.29, 0.717) is 6.04 Å². The molecule has 1 heterocycles. The summed E-state index contributed by atoms with van der Waals surface area (Å²) in [5, 5.41) is 3.69. The van der Waals surface area contributed by atoms with Crippen LogP contribution in [0.5, 0.6) is 0 Å². The summed E-state index contributed by atoms with van der Waals surface area (Å²) in [6.07, 6.45) is 2.39. The molecule has 0 spiro atoms. The van der Waals surface area contributed by atoms with Gasteiger partial charge in [-0.1, -0.05) is 67.6 Å². The molecular formula is C18H21N. The smallest absolute Gasteiger partial charge is 0.0342 e. The SMILES string of the molecule is CC[C@H]1CC(c2ccccc2)(c2ccccc2)CN1. The Morgan fingerprint density at radius 2 is 1.47 bits per heavy atom. The monoisotopic (exact) mass is 251 g/mol. The maximum absolute atomic E-state index is 3.69. The Balaban J connectivity index is 2.07. The fourth-order valence-corrected chi connectivity index (χ4v) is 3.29. The summed E-state index contributed by atoms with van der Waals surface area (Å²) in [5.41, 5.74) is 3.01. The minimum atomic E-state index is 0.142. The minimum absolute atomic E-state index is 0.142. The highest BCUT2D eigenvalue weighted by atomic mass is 15.0. The molecule has 1 saturated heterocycles. The normalized spacial score (nSPS) is 21.4. The lowest BCUT2D eigenvalue weighted by Crippen LogP contribution is -2.30. The average Bonchev–Trinajstić information content (AvgIpc) is 2.95. The van der Waals surface area contributed by atoms with Crippen LogP contribution in [0.4, 0.5) is 0 Å². The zero-order chi connectivity index (χ0) is 13.1. The largest absolute Gasteiger partial charge is 0.313 e. The van der Waals surface area contributed by atoms with Gasteiger partial charge in [0.05, 0.1) is 0 Å². The van der Waals surface area contributed by atoms with Crippen molar-refractivity contribution >= 4 is 0 Å². The summed E-state index contributed by atoms with van der Waals surface area (Å²) in [6.45, 7) is 3.31. The standard InChI is InChI=1S/C18H21N/c1-2-17-13-18(14-19-17,15-9-5-3-6-10-15)16-11-7-4-8-12-16/h3-12,17,19H,2,13-14H2,1H3/t17-/m0/s1. The van der Waals surface area contributed by atoms with Crippen LogP contribution in [0, 0.1) is 0 Å². The molecule has 19 heavy (non-hydrogen) atoms. The average molecular weight is 251 g/mol. The van der Waals surface area contributed by atoms with Crippen molar-refractivity contribution in [3.8, 4) is 0 Å². The highest BCUT2D eigenvalue weighted by Gasteiger charge is 2.40. The number of rotatable bonds is 3. The second kappa shape index (κ2) is 5.18. The van der Waals surface area contributed by atoms with Crippen LogP contribution in [-0.2, 0) is 5.41 Å². The summed E-state index contributed by atoms with van der Waals surface area (Å²) in [7, 11) is 0. The molecule has 0 aliphatic carbocycles. The summed E-state index contributed by atoms with van der Waals surface area (Å²) >= 11 is 0. The molecule has 3 rings (SSSR count). The van der Waals surface area contributed by atoms with Gasteiger partial charge in [0, 0.05) is 18.0 Å². The summed E-state index contributed by atoms with van der Waals surface area (Å²) in [6, 6.07) is 22.5. The van der Waals surface area contributed by atoms with E-state index in [-0.39, 0.29) is 5.41 Å². The molecule has 0 unspecified atom stereocenters. The zero-order valence-electron chi connectivity index (χ0n) is 11.5. The van der Waals surface area contributed by atoms with Gasteiger partial charge >= 0.3 is 0 Å². The first-order valence-corrected chi connectivity index (χ1v) is 7.19. The van der Waals surface area contributed by atoms with Crippen molar-refractivity contribution in [3.63, 3.8) is 0 Å². The third-order valence-corrected chi connectivity index (χ3v) is 4.43. The van der Waals surface area contributed by atoms with Crippen LogP contribution < -0.4 is 5.32 Å². The summed E-state index contributed by atoms with van der Waals surface area (Å²) in [4.78, 5) is 0. The molecule has 1 aliphatic heterocycles. The molecule has 0 saturated carbocycles. The molecule has 1 fully saturated rings. The Morgan fingerprint density at radius 1 is 0.947 bits per heavy atom. The topological polar surface area (TPSA) is 12.0 Å². The maximum atomic E-state index is 3.69. The molecular weight excluding hydrogens is 230 g/mol. The Bertz CT molecular complexity index is 478. The van der Waals surface area contributed by atoms with Crippen molar-refractivity contribution in [2.45, 2.75) is 31.2 Å². The van der Waals surface area contributed by atoms with Crippen molar-refractivity contribution in [1.82, 2.24) is 5.32 Å². The van der Waals surface area contributed by atoms with Crippen LogP contribution in [0.25, 0.3) is 0 Å². The molecule has 0 radical (unpaired) electrons. The maximum Gasteiger partial charge on any atom is 0.0342 e. The Labute approximate surface area is 115 Å². The summed E-state index contributed by atoms with van der Waals surface area (Å²) < 4.78 is 0. The van der Waals surface area contributed by atoms with Gasteiger partial charge in [0.15, 0.2) is 0 Å². The Morgan fingerprint density at radius 3 is 1.89 bits per heavy atom. The molecule has 98 valence electrons. The van der Waals surface area contributed by atoms with E-state index in [0.717, 1.165) is 6.54 Å². The molecule has 1 heteroatoms. The van der Waals surface area contributed by atoms with Crippen LogP contribution in [0.3, 0.4) is 0 Å². The number of hydrogen-bond donors (Lipinski definition) is 1. The molecule has 1 nitrogen and oxygen atoms in total. The van der Waals surface area contributed by atoms with Crippen molar-refractivity contribution < 1.29 is 0 Å². The second-order valence-corrected chi connectivity index (χ2v) is 5.50. The van der Waals surface area contributed by atoms with E-state index in [1.807, 2.05) is 0 Å².